The van der Waals surface area contributed by atoms with E-state index < -0.39 is 11.8 Å². The summed E-state index contributed by atoms with van der Waals surface area (Å²) >= 11 is 0. The fourth-order valence-corrected chi connectivity index (χ4v) is 4.51. The zero-order chi connectivity index (χ0) is 23.5. The molecule has 5 rings (SSSR count). The Morgan fingerprint density at radius 1 is 0.912 bits per heavy atom. The third kappa shape index (κ3) is 5.27. The molecule has 2 aliphatic rings. The fourth-order valence-electron chi connectivity index (χ4n) is 4.51. The molecule has 3 aromatic heterocycles. The smallest absolute Gasteiger partial charge is 0.248 e. The number of amides is 1. The van der Waals surface area contributed by atoms with Gasteiger partial charge in [-0.1, -0.05) is 0 Å². The van der Waals surface area contributed by atoms with Crippen LogP contribution in [0.25, 0.3) is 22.2 Å². The number of nitrogens with zero attached hydrogens (tertiary/aromatic N) is 4. The average molecular weight is 468 g/mol. The predicted octanol–water partition coefficient (Wildman–Crippen LogP) is 4.01. The van der Waals surface area contributed by atoms with E-state index in [1.165, 1.54) is 0 Å². The van der Waals surface area contributed by atoms with Crippen LogP contribution in [-0.4, -0.2) is 50.9 Å². The first kappa shape index (κ1) is 22.5. The van der Waals surface area contributed by atoms with Gasteiger partial charge >= 0.3 is 0 Å². The van der Waals surface area contributed by atoms with E-state index in [1.54, 1.807) is 30.9 Å². The van der Waals surface area contributed by atoms with E-state index in [0.29, 0.717) is 29.1 Å². The van der Waals surface area contributed by atoms with Crippen molar-refractivity contribution < 1.29 is 13.6 Å². The Bertz CT molecular complexity index is 1170. The van der Waals surface area contributed by atoms with Gasteiger partial charge in [-0.3, -0.25) is 14.8 Å². The number of halogens is 2. The number of anilines is 2. The van der Waals surface area contributed by atoms with Crippen LogP contribution in [0.5, 0.6) is 0 Å². The van der Waals surface area contributed by atoms with Crippen molar-refractivity contribution in [1.82, 2.24) is 25.3 Å². The number of carbonyl (C=O) groups is 1. The number of pyridine rings is 2. The second kappa shape index (κ2) is 9.54. The van der Waals surface area contributed by atoms with Gasteiger partial charge in [0.05, 0.1) is 18.1 Å². The quantitative estimate of drug-likeness (QED) is 0.521. The molecule has 1 saturated heterocycles. The first-order valence-corrected chi connectivity index (χ1v) is 11.7. The topological polar surface area (TPSA) is 105 Å². The Morgan fingerprint density at radius 2 is 1.68 bits per heavy atom. The standard InChI is InChI=1S/C24H27F2N7O/c25-24(26)5-1-15(2-6-24)23(34)33-21-10-16-9-19(29-11-17(16)12-30-21)20-13-28-14-22(32-20)31-18-3-7-27-8-4-18/h9-15,18,27H,1-8H2,(H,31,32)(H,30,33,34). The number of alkyl halides is 2. The van der Waals surface area contributed by atoms with E-state index in [1.807, 2.05) is 6.07 Å². The highest BCUT2D eigenvalue weighted by Gasteiger charge is 2.37. The van der Waals surface area contributed by atoms with E-state index in [9.17, 15) is 13.6 Å². The summed E-state index contributed by atoms with van der Waals surface area (Å²) in [5.74, 6) is -2.24. The largest absolute Gasteiger partial charge is 0.366 e. The van der Waals surface area contributed by atoms with Crippen molar-refractivity contribution in [2.24, 2.45) is 5.92 Å². The lowest BCUT2D eigenvalue weighted by molar-refractivity contribution is -0.124. The Kier molecular flexibility index (Phi) is 6.32. The second-order valence-corrected chi connectivity index (χ2v) is 9.06. The molecular formula is C24H27F2N7O. The van der Waals surface area contributed by atoms with Crippen LogP contribution in [0.4, 0.5) is 20.4 Å². The lowest BCUT2D eigenvalue weighted by Gasteiger charge is -2.27. The van der Waals surface area contributed by atoms with Gasteiger partial charge in [0.2, 0.25) is 11.8 Å². The van der Waals surface area contributed by atoms with Crippen molar-refractivity contribution in [2.45, 2.75) is 50.5 Å². The average Bonchev–Trinajstić information content (AvgIpc) is 2.84. The van der Waals surface area contributed by atoms with Crippen LogP contribution in [0.2, 0.25) is 0 Å². The lowest BCUT2D eigenvalue weighted by atomic mass is 9.86. The zero-order valence-corrected chi connectivity index (χ0v) is 18.7. The third-order valence-electron chi connectivity index (χ3n) is 6.53. The van der Waals surface area contributed by atoms with Gasteiger partial charge in [0.15, 0.2) is 0 Å². The van der Waals surface area contributed by atoms with Gasteiger partial charge in [-0.15, -0.1) is 0 Å². The van der Waals surface area contributed by atoms with Crippen LogP contribution in [0.1, 0.15) is 38.5 Å². The normalized spacial score (nSPS) is 19.1. The Balaban J connectivity index is 1.31. The van der Waals surface area contributed by atoms with Gasteiger partial charge in [-0.05, 0) is 56.3 Å². The number of hydrogen-bond donors (Lipinski definition) is 3. The highest BCUT2D eigenvalue weighted by Crippen LogP contribution is 2.36. The molecule has 4 heterocycles. The number of aromatic nitrogens is 4. The molecule has 0 bridgehead atoms. The molecule has 10 heteroatoms. The molecule has 0 radical (unpaired) electrons. The van der Waals surface area contributed by atoms with Crippen molar-refractivity contribution in [1.29, 1.82) is 0 Å². The molecule has 3 N–H and O–H groups in total. The van der Waals surface area contributed by atoms with Gasteiger partial charge in [0.1, 0.15) is 17.3 Å². The summed E-state index contributed by atoms with van der Waals surface area (Å²) in [6.45, 7) is 1.97. The summed E-state index contributed by atoms with van der Waals surface area (Å²) in [5, 5.41) is 11.2. The lowest BCUT2D eigenvalue weighted by Crippen LogP contribution is -2.35. The van der Waals surface area contributed by atoms with Gasteiger partial charge in [-0.25, -0.2) is 18.7 Å². The maximum absolute atomic E-state index is 13.4. The third-order valence-corrected chi connectivity index (χ3v) is 6.53. The summed E-state index contributed by atoms with van der Waals surface area (Å²) in [5.41, 5.74) is 1.30. The molecule has 0 unspecified atom stereocenters. The van der Waals surface area contributed by atoms with Crippen molar-refractivity contribution >= 4 is 28.3 Å². The summed E-state index contributed by atoms with van der Waals surface area (Å²) in [6, 6.07) is 4.01. The molecule has 0 aromatic carbocycles. The molecule has 2 fully saturated rings. The van der Waals surface area contributed by atoms with Crippen LogP contribution in [0.3, 0.4) is 0 Å². The summed E-state index contributed by atoms with van der Waals surface area (Å²) in [4.78, 5) is 30.4. The minimum absolute atomic E-state index is 0.181. The number of rotatable bonds is 5. The fraction of sp³-hybridized carbons (Fsp3) is 0.458. The molecule has 0 atom stereocenters. The molecule has 3 aromatic rings. The van der Waals surface area contributed by atoms with Crippen LogP contribution in [-0.2, 0) is 4.79 Å². The van der Waals surface area contributed by atoms with Crippen molar-refractivity contribution in [3.63, 3.8) is 0 Å². The Morgan fingerprint density at radius 3 is 2.47 bits per heavy atom. The van der Waals surface area contributed by atoms with E-state index in [2.05, 4.69) is 35.9 Å². The van der Waals surface area contributed by atoms with Gasteiger partial charge < -0.3 is 16.0 Å². The van der Waals surface area contributed by atoms with Crippen molar-refractivity contribution in [3.8, 4) is 11.4 Å². The SMILES string of the molecule is O=C(Nc1cc2cc(-c3cncc(NC4CCNCC4)n3)ncc2cn1)C1CCC(F)(F)CC1. The molecular weight excluding hydrogens is 440 g/mol. The number of fused-ring (bicyclic) bond motifs is 1. The predicted molar refractivity (Wildman–Crippen MR) is 126 cm³/mol. The molecule has 1 amide bonds. The molecule has 1 saturated carbocycles. The van der Waals surface area contributed by atoms with Crippen LogP contribution >= 0.6 is 0 Å². The molecule has 34 heavy (non-hydrogen) atoms. The molecule has 1 aliphatic heterocycles. The highest BCUT2D eigenvalue weighted by molar-refractivity contribution is 5.94. The summed E-state index contributed by atoms with van der Waals surface area (Å²) < 4.78 is 26.8. The number of piperidine rings is 1. The van der Waals surface area contributed by atoms with Crippen LogP contribution in [0, 0.1) is 5.92 Å². The van der Waals surface area contributed by atoms with Crippen molar-refractivity contribution in [3.05, 3.63) is 36.9 Å². The van der Waals surface area contributed by atoms with E-state index in [4.69, 9.17) is 0 Å². The zero-order valence-electron chi connectivity index (χ0n) is 18.7. The number of hydrogen-bond acceptors (Lipinski definition) is 7. The summed E-state index contributed by atoms with van der Waals surface area (Å²) in [6.07, 6.45) is 8.65. The van der Waals surface area contributed by atoms with Crippen molar-refractivity contribution in [2.75, 3.05) is 23.7 Å². The molecule has 1 aliphatic carbocycles. The Labute approximate surface area is 196 Å². The minimum atomic E-state index is -2.66. The highest BCUT2D eigenvalue weighted by atomic mass is 19.3. The molecule has 0 spiro atoms. The van der Waals surface area contributed by atoms with Crippen LogP contribution in [0.15, 0.2) is 36.9 Å². The second-order valence-electron chi connectivity index (χ2n) is 9.06. The monoisotopic (exact) mass is 467 g/mol. The molecule has 8 nitrogen and oxygen atoms in total. The van der Waals surface area contributed by atoms with Gasteiger partial charge in [-0.2, -0.15) is 0 Å². The van der Waals surface area contributed by atoms with E-state index >= 15 is 0 Å². The Hall–Kier alpha value is -3.27. The first-order chi connectivity index (χ1) is 16.4. The maximum Gasteiger partial charge on any atom is 0.248 e. The summed E-state index contributed by atoms with van der Waals surface area (Å²) in [7, 11) is 0. The number of carbonyl (C=O) groups excluding carboxylic acids is 1. The maximum atomic E-state index is 13.4. The van der Waals surface area contributed by atoms with Gasteiger partial charge in [0, 0.05) is 42.6 Å². The first-order valence-electron chi connectivity index (χ1n) is 11.7. The van der Waals surface area contributed by atoms with Crippen LogP contribution < -0.4 is 16.0 Å². The van der Waals surface area contributed by atoms with E-state index in [0.717, 1.165) is 36.7 Å². The minimum Gasteiger partial charge on any atom is -0.366 e. The van der Waals surface area contributed by atoms with E-state index in [-0.39, 0.29) is 31.6 Å². The molecule has 178 valence electrons. The number of nitrogens with one attached hydrogen (secondary N) is 3. The van der Waals surface area contributed by atoms with Gasteiger partial charge in [0.25, 0.3) is 0 Å².